The number of thioether (sulfide) groups is 1. The average molecular weight is 429 g/mol. The number of amides is 1. The molecule has 2 N–H and O–H groups in total. The van der Waals surface area contributed by atoms with Gasteiger partial charge in [-0.15, -0.1) is 11.8 Å². The average Bonchev–Trinajstić information content (AvgIpc) is 2.74. The molecule has 29 heavy (non-hydrogen) atoms. The monoisotopic (exact) mass is 428 g/mol. The molecule has 0 saturated carbocycles. The lowest BCUT2D eigenvalue weighted by molar-refractivity contribution is 0.102. The molecule has 150 valence electrons. The van der Waals surface area contributed by atoms with Crippen LogP contribution in [0.3, 0.4) is 0 Å². The molecule has 8 heteroatoms. The number of hydrogen-bond acceptors (Lipinski definition) is 5. The second-order valence-corrected chi connectivity index (χ2v) is 8.60. The quantitative estimate of drug-likeness (QED) is 0.543. The molecule has 0 aliphatic heterocycles. The number of benzene rings is 3. The van der Waals surface area contributed by atoms with E-state index >= 15 is 0 Å². The maximum absolute atomic E-state index is 12.5. The maximum Gasteiger partial charge on any atom is 0.261 e. The van der Waals surface area contributed by atoms with Crippen LogP contribution in [0.5, 0.6) is 5.75 Å². The zero-order chi connectivity index (χ0) is 20.9. The first-order valence-corrected chi connectivity index (χ1v) is 11.3. The summed E-state index contributed by atoms with van der Waals surface area (Å²) in [6, 6.07) is 19.8. The number of nitrogens with one attached hydrogen (secondary N) is 2. The van der Waals surface area contributed by atoms with Gasteiger partial charge in [-0.2, -0.15) is 0 Å². The van der Waals surface area contributed by atoms with Crippen LogP contribution in [-0.2, 0) is 10.0 Å². The number of ether oxygens (including phenoxy) is 1. The van der Waals surface area contributed by atoms with Crippen molar-refractivity contribution in [2.45, 2.75) is 9.79 Å². The van der Waals surface area contributed by atoms with E-state index in [1.807, 2.05) is 30.5 Å². The standard InChI is InChI=1S/C21H20N2O4S2/c1-27-18-9-13-20(14-10-18)29(25,26)23-17-5-3-15(4-6-17)21(24)22-16-7-11-19(28-2)12-8-16/h3-14,23H,1-2H3,(H,22,24). The second kappa shape index (κ2) is 9.02. The summed E-state index contributed by atoms with van der Waals surface area (Å²) in [4.78, 5) is 13.6. The van der Waals surface area contributed by atoms with Crippen molar-refractivity contribution in [3.05, 3.63) is 78.4 Å². The summed E-state index contributed by atoms with van der Waals surface area (Å²) in [5, 5.41) is 2.82. The summed E-state index contributed by atoms with van der Waals surface area (Å²) in [7, 11) is -2.22. The number of sulfonamides is 1. The highest BCUT2D eigenvalue weighted by Crippen LogP contribution is 2.21. The van der Waals surface area contributed by atoms with E-state index in [9.17, 15) is 13.2 Å². The van der Waals surface area contributed by atoms with Gasteiger partial charge >= 0.3 is 0 Å². The predicted molar refractivity (Wildman–Crippen MR) is 116 cm³/mol. The van der Waals surface area contributed by atoms with Crippen molar-refractivity contribution in [1.29, 1.82) is 0 Å². The summed E-state index contributed by atoms with van der Waals surface area (Å²) < 4.78 is 32.5. The number of carbonyl (C=O) groups excluding carboxylic acids is 1. The van der Waals surface area contributed by atoms with E-state index in [0.29, 0.717) is 22.7 Å². The molecular weight excluding hydrogens is 408 g/mol. The molecule has 1 amide bonds. The highest BCUT2D eigenvalue weighted by Gasteiger charge is 2.15. The molecule has 0 aliphatic carbocycles. The van der Waals surface area contributed by atoms with Crippen molar-refractivity contribution in [2.24, 2.45) is 0 Å². The van der Waals surface area contributed by atoms with Crippen molar-refractivity contribution >= 4 is 39.1 Å². The van der Waals surface area contributed by atoms with E-state index in [1.165, 1.54) is 19.2 Å². The van der Waals surface area contributed by atoms with E-state index in [2.05, 4.69) is 10.0 Å². The Hall–Kier alpha value is -2.97. The van der Waals surface area contributed by atoms with Gasteiger partial charge in [0.2, 0.25) is 0 Å². The van der Waals surface area contributed by atoms with Gasteiger partial charge in [0.25, 0.3) is 15.9 Å². The molecule has 0 radical (unpaired) electrons. The Morgan fingerprint density at radius 3 is 2.00 bits per heavy atom. The molecular formula is C21H20N2O4S2. The second-order valence-electron chi connectivity index (χ2n) is 6.04. The van der Waals surface area contributed by atoms with Gasteiger partial charge in [0.1, 0.15) is 5.75 Å². The van der Waals surface area contributed by atoms with Crippen LogP contribution >= 0.6 is 11.8 Å². The summed E-state index contributed by atoms with van der Waals surface area (Å²) in [6.07, 6.45) is 1.98. The molecule has 6 nitrogen and oxygen atoms in total. The minimum Gasteiger partial charge on any atom is -0.497 e. The van der Waals surface area contributed by atoms with Crippen LogP contribution in [0, 0.1) is 0 Å². The molecule has 3 aromatic carbocycles. The highest BCUT2D eigenvalue weighted by atomic mass is 32.2. The Morgan fingerprint density at radius 2 is 1.45 bits per heavy atom. The molecule has 0 saturated heterocycles. The number of rotatable bonds is 7. The van der Waals surface area contributed by atoms with Crippen molar-refractivity contribution in [3.63, 3.8) is 0 Å². The zero-order valence-electron chi connectivity index (χ0n) is 15.9. The van der Waals surface area contributed by atoms with Crippen LogP contribution in [0.25, 0.3) is 0 Å². The minimum absolute atomic E-state index is 0.119. The fourth-order valence-electron chi connectivity index (χ4n) is 2.54. The first kappa shape index (κ1) is 20.8. The molecule has 0 fully saturated rings. The lowest BCUT2D eigenvalue weighted by Gasteiger charge is -2.10. The van der Waals surface area contributed by atoms with Gasteiger partial charge in [0.15, 0.2) is 0 Å². The van der Waals surface area contributed by atoms with Gasteiger partial charge in [0.05, 0.1) is 12.0 Å². The third-order valence-electron chi connectivity index (χ3n) is 4.12. The van der Waals surface area contributed by atoms with E-state index in [0.717, 1.165) is 4.90 Å². The van der Waals surface area contributed by atoms with Crippen molar-refractivity contribution < 1.29 is 17.9 Å². The fourth-order valence-corrected chi connectivity index (χ4v) is 4.00. The molecule has 0 spiro atoms. The molecule has 0 aliphatic rings. The Kier molecular flexibility index (Phi) is 6.46. The molecule has 0 unspecified atom stereocenters. The predicted octanol–water partition coefficient (Wildman–Crippen LogP) is 4.47. The first-order chi connectivity index (χ1) is 13.9. The van der Waals surface area contributed by atoms with Crippen LogP contribution in [0.15, 0.2) is 82.6 Å². The smallest absolute Gasteiger partial charge is 0.261 e. The largest absolute Gasteiger partial charge is 0.497 e. The number of methoxy groups -OCH3 is 1. The van der Waals surface area contributed by atoms with Crippen LogP contribution in [-0.4, -0.2) is 27.7 Å². The van der Waals surface area contributed by atoms with Crippen LogP contribution in [0.2, 0.25) is 0 Å². The van der Waals surface area contributed by atoms with Crippen LogP contribution in [0.1, 0.15) is 10.4 Å². The number of anilines is 2. The van der Waals surface area contributed by atoms with E-state index < -0.39 is 10.0 Å². The van der Waals surface area contributed by atoms with Gasteiger partial charge in [-0.25, -0.2) is 8.42 Å². The number of hydrogen-bond donors (Lipinski definition) is 2. The molecule has 0 aromatic heterocycles. The van der Waals surface area contributed by atoms with Gasteiger partial charge in [-0.3, -0.25) is 9.52 Å². The Labute approximate surface area is 174 Å². The summed E-state index contributed by atoms with van der Waals surface area (Å²) >= 11 is 1.62. The normalized spacial score (nSPS) is 11.0. The fraction of sp³-hybridized carbons (Fsp3) is 0.0952. The van der Waals surface area contributed by atoms with Gasteiger partial charge < -0.3 is 10.1 Å². The number of carbonyl (C=O) groups is 1. The summed E-state index contributed by atoms with van der Waals surface area (Å²) in [6.45, 7) is 0. The van der Waals surface area contributed by atoms with E-state index in [-0.39, 0.29) is 10.8 Å². The zero-order valence-corrected chi connectivity index (χ0v) is 17.5. The van der Waals surface area contributed by atoms with E-state index in [1.54, 1.807) is 48.2 Å². The Bertz CT molecular complexity index is 1080. The minimum atomic E-state index is -3.73. The third-order valence-corrected chi connectivity index (χ3v) is 6.26. The first-order valence-electron chi connectivity index (χ1n) is 8.63. The maximum atomic E-state index is 12.5. The van der Waals surface area contributed by atoms with Crippen molar-refractivity contribution in [3.8, 4) is 5.75 Å². The Balaban J connectivity index is 1.67. The highest BCUT2D eigenvalue weighted by molar-refractivity contribution is 7.98. The van der Waals surface area contributed by atoms with Gasteiger partial charge in [-0.05, 0) is 79.1 Å². The van der Waals surface area contributed by atoms with Gasteiger partial charge in [0, 0.05) is 21.8 Å². The van der Waals surface area contributed by atoms with Crippen LogP contribution < -0.4 is 14.8 Å². The lowest BCUT2D eigenvalue weighted by atomic mass is 10.2. The third kappa shape index (κ3) is 5.30. The molecule has 0 heterocycles. The van der Waals surface area contributed by atoms with E-state index in [4.69, 9.17) is 4.74 Å². The Morgan fingerprint density at radius 1 is 0.862 bits per heavy atom. The summed E-state index contributed by atoms with van der Waals surface area (Å²) in [5.41, 5.74) is 1.48. The molecule has 3 aromatic rings. The molecule has 3 rings (SSSR count). The molecule has 0 bridgehead atoms. The SMILES string of the molecule is COc1ccc(S(=O)(=O)Nc2ccc(C(=O)Nc3ccc(SC)cc3)cc2)cc1. The van der Waals surface area contributed by atoms with Gasteiger partial charge in [-0.1, -0.05) is 0 Å². The van der Waals surface area contributed by atoms with Crippen LogP contribution in [0.4, 0.5) is 11.4 Å². The van der Waals surface area contributed by atoms with Crippen molar-refractivity contribution in [2.75, 3.05) is 23.4 Å². The summed E-state index contributed by atoms with van der Waals surface area (Å²) in [5.74, 6) is 0.300. The molecule has 0 atom stereocenters. The topological polar surface area (TPSA) is 84.5 Å². The lowest BCUT2D eigenvalue weighted by Crippen LogP contribution is -2.14. The van der Waals surface area contributed by atoms with Crippen molar-refractivity contribution in [1.82, 2.24) is 0 Å².